The monoisotopic (exact) mass is 465 g/mol. The molecule has 1 fully saturated rings. The van der Waals surface area contributed by atoms with Gasteiger partial charge in [0, 0.05) is 60.0 Å². The van der Waals surface area contributed by atoms with Gasteiger partial charge in [-0.25, -0.2) is 4.98 Å². The molecule has 0 bridgehead atoms. The molecule has 1 aliphatic rings. The van der Waals surface area contributed by atoms with Crippen molar-refractivity contribution in [3.63, 3.8) is 0 Å². The number of hydrogen-bond acceptors (Lipinski definition) is 8. The molecule has 0 aliphatic carbocycles. The second kappa shape index (κ2) is 8.64. The lowest BCUT2D eigenvalue weighted by Gasteiger charge is -2.34. The van der Waals surface area contributed by atoms with Crippen molar-refractivity contribution in [2.45, 2.75) is 0 Å². The first-order valence-corrected chi connectivity index (χ1v) is 11.1. The summed E-state index contributed by atoms with van der Waals surface area (Å²) in [6, 6.07) is 4.38. The quantitative estimate of drug-likeness (QED) is 0.457. The maximum absolute atomic E-state index is 13.0. The molecule has 1 aliphatic heterocycles. The number of carbonyl (C=O) groups is 2. The summed E-state index contributed by atoms with van der Waals surface area (Å²) in [4.78, 5) is 43.6. The summed E-state index contributed by atoms with van der Waals surface area (Å²) in [6.07, 6.45) is 1.63. The summed E-state index contributed by atoms with van der Waals surface area (Å²) in [5.74, 6) is -0.338. The third kappa shape index (κ3) is 4.29. The highest BCUT2D eigenvalue weighted by molar-refractivity contribution is 7.21. The third-order valence-corrected chi connectivity index (χ3v) is 7.06. The lowest BCUT2D eigenvalue weighted by atomic mass is 10.2. The third-order valence-electron chi connectivity index (χ3n) is 4.72. The van der Waals surface area contributed by atoms with Crippen LogP contribution < -0.4 is 5.32 Å². The average Bonchev–Trinajstić information content (AvgIpc) is 3.35. The van der Waals surface area contributed by atoms with Gasteiger partial charge in [-0.15, -0.1) is 22.7 Å². The number of thiophene rings is 1. The van der Waals surface area contributed by atoms with Gasteiger partial charge in [0.1, 0.15) is 4.88 Å². The van der Waals surface area contributed by atoms with Crippen molar-refractivity contribution in [1.29, 1.82) is 0 Å². The fraction of sp³-hybridized carbons (Fsp3) is 0.278. The number of fused-ring (bicyclic) bond motifs is 1. The summed E-state index contributed by atoms with van der Waals surface area (Å²) in [7, 11) is 0. The van der Waals surface area contributed by atoms with E-state index in [4.69, 9.17) is 11.6 Å². The van der Waals surface area contributed by atoms with Crippen LogP contribution in [-0.2, 0) is 4.79 Å². The maximum atomic E-state index is 13.0. The smallest absolute Gasteiger partial charge is 0.270 e. The fourth-order valence-corrected chi connectivity index (χ4v) is 5.26. The molecule has 0 spiro atoms. The molecule has 156 valence electrons. The van der Waals surface area contributed by atoms with E-state index >= 15 is 0 Å². The first-order chi connectivity index (χ1) is 14.4. The number of halogens is 1. The normalized spacial score (nSPS) is 14.8. The molecule has 1 N–H and O–H groups in total. The summed E-state index contributed by atoms with van der Waals surface area (Å²) >= 11 is 8.91. The Morgan fingerprint density at radius 2 is 2.03 bits per heavy atom. The van der Waals surface area contributed by atoms with Crippen molar-refractivity contribution in [1.82, 2.24) is 14.8 Å². The van der Waals surface area contributed by atoms with Crippen LogP contribution in [0.2, 0.25) is 5.02 Å². The Kier molecular flexibility index (Phi) is 5.95. The summed E-state index contributed by atoms with van der Waals surface area (Å²) < 4.78 is 0.607. The van der Waals surface area contributed by atoms with Crippen LogP contribution in [0.1, 0.15) is 9.67 Å². The van der Waals surface area contributed by atoms with E-state index in [2.05, 4.69) is 10.3 Å². The lowest BCUT2D eigenvalue weighted by molar-refractivity contribution is -0.384. The lowest BCUT2D eigenvalue weighted by Crippen LogP contribution is -2.50. The highest BCUT2D eigenvalue weighted by Crippen LogP contribution is 2.38. The Balaban J connectivity index is 1.39. The standard InChI is InChI=1S/C18H16ClN5O4S2/c19-15-12-2-1-11(24(27)28)9-13(12)30-16(15)17(26)23-6-4-22(5-7-23)10-14(25)21-18-20-3-8-29-18/h1-3,8-9H,4-7,10H2,(H,20,21,25). The minimum atomic E-state index is -0.474. The van der Waals surface area contributed by atoms with Gasteiger partial charge in [0.25, 0.3) is 11.6 Å². The highest BCUT2D eigenvalue weighted by atomic mass is 35.5. The van der Waals surface area contributed by atoms with Gasteiger partial charge in [-0.05, 0) is 6.07 Å². The van der Waals surface area contributed by atoms with Crippen LogP contribution >= 0.6 is 34.3 Å². The molecular formula is C18H16ClN5O4S2. The zero-order valence-corrected chi connectivity index (χ0v) is 17.9. The zero-order chi connectivity index (χ0) is 21.3. The first kappa shape index (κ1) is 20.7. The Labute approximate surface area is 184 Å². The Morgan fingerprint density at radius 3 is 2.70 bits per heavy atom. The zero-order valence-electron chi connectivity index (χ0n) is 15.5. The van der Waals surface area contributed by atoms with Crippen LogP contribution in [0.5, 0.6) is 0 Å². The van der Waals surface area contributed by atoms with E-state index < -0.39 is 4.92 Å². The average molecular weight is 466 g/mol. The van der Waals surface area contributed by atoms with Crippen molar-refractivity contribution < 1.29 is 14.5 Å². The maximum Gasteiger partial charge on any atom is 0.270 e. The largest absolute Gasteiger partial charge is 0.335 e. The number of nitrogens with one attached hydrogen (secondary N) is 1. The summed E-state index contributed by atoms with van der Waals surface area (Å²) in [6.45, 7) is 2.28. The second-order valence-electron chi connectivity index (χ2n) is 6.64. The molecule has 1 saturated heterocycles. The van der Waals surface area contributed by atoms with Crippen LogP contribution in [0.15, 0.2) is 29.8 Å². The molecule has 12 heteroatoms. The van der Waals surface area contributed by atoms with E-state index in [-0.39, 0.29) is 24.0 Å². The molecule has 3 heterocycles. The van der Waals surface area contributed by atoms with Crippen molar-refractivity contribution >= 4 is 67.0 Å². The van der Waals surface area contributed by atoms with Gasteiger partial charge >= 0.3 is 0 Å². The minimum absolute atomic E-state index is 0.0379. The number of amides is 2. The number of carbonyl (C=O) groups excluding carboxylic acids is 2. The molecule has 1 aromatic carbocycles. The molecule has 3 aromatic rings. The molecular weight excluding hydrogens is 450 g/mol. The number of nitro groups is 1. The Bertz CT molecular complexity index is 1110. The van der Waals surface area contributed by atoms with E-state index in [0.29, 0.717) is 51.3 Å². The molecule has 0 unspecified atom stereocenters. The van der Waals surface area contributed by atoms with Crippen LogP contribution in [0, 0.1) is 10.1 Å². The van der Waals surface area contributed by atoms with Gasteiger partial charge in [0.05, 0.1) is 16.5 Å². The molecule has 0 saturated carbocycles. The van der Waals surface area contributed by atoms with Gasteiger partial charge in [0.2, 0.25) is 5.91 Å². The molecule has 4 rings (SSSR count). The van der Waals surface area contributed by atoms with Gasteiger partial charge in [-0.1, -0.05) is 11.6 Å². The minimum Gasteiger partial charge on any atom is -0.335 e. The molecule has 30 heavy (non-hydrogen) atoms. The number of rotatable bonds is 5. The van der Waals surface area contributed by atoms with Crippen molar-refractivity contribution in [3.05, 3.63) is 49.8 Å². The van der Waals surface area contributed by atoms with Crippen LogP contribution in [-0.4, -0.2) is 64.2 Å². The Morgan fingerprint density at radius 1 is 1.27 bits per heavy atom. The predicted octanol–water partition coefficient (Wildman–Crippen LogP) is 3.32. The van der Waals surface area contributed by atoms with E-state index in [1.54, 1.807) is 22.5 Å². The Hall–Kier alpha value is -2.60. The number of nitro benzene ring substituents is 1. The van der Waals surface area contributed by atoms with E-state index in [1.165, 1.54) is 23.5 Å². The number of benzene rings is 1. The van der Waals surface area contributed by atoms with Crippen LogP contribution in [0.4, 0.5) is 10.8 Å². The topological polar surface area (TPSA) is 109 Å². The first-order valence-electron chi connectivity index (χ1n) is 9.00. The molecule has 2 aromatic heterocycles. The summed E-state index contributed by atoms with van der Waals surface area (Å²) in [5, 5.41) is 17.0. The highest BCUT2D eigenvalue weighted by Gasteiger charge is 2.27. The van der Waals surface area contributed by atoms with E-state index in [9.17, 15) is 19.7 Å². The number of non-ortho nitro benzene ring substituents is 1. The SMILES string of the molecule is O=C(CN1CCN(C(=O)c2sc3cc([N+](=O)[O-])ccc3c2Cl)CC1)Nc1nccs1. The van der Waals surface area contributed by atoms with Crippen molar-refractivity contribution in [2.75, 3.05) is 38.0 Å². The van der Waals surface area contributed by atoms with Gasteiger partial charge in [-0.3, -0.25) is 24.6 Å². The van der Waals surface area contributed by atoms with Gasteiger partial charge < -0.3 is 10.2 Å². The number of anilines is 1. The van der Waals surface area contributed by atoms with E-state index in [0.717, 1.165) is 11.3 Å². The molecule has 0 atom stereocenters. The predicted molar refractivity (Wildman–Crippen MR) is 117 cm³/mol. The van der Waals surface area contributed by atoms with Gasteiger partial charge in [-0.2, -0.15) is 0 Å². The molecule has 9 nitrogen and oxygen atoms in total. The van der Waals surface area contributed by atoms with Crippen molar-refractivity contribution in [3.8, 4) is 0 Å². The summed E-state index contributed by atoms with van der Waals surface area (Å²) in [5.41, 5.74) is -0.0379. The fourth-order valence-electron chi connectivity index (χ4n) is 3.20. The molecule has 0 radical (unpaired) electrons. The van der Waals surface area contributed by atoms with Crippen molar-refractivity contribution in [2.24, 2.45) is 0 Å². The van der Waals surface area contributed by atoms with Crippen LogP contribution in [0.25, 0.3) is 10.1 Å². The van der Waals surface area contributed by atoms with Crippen LogP contribution in [0.3, 0.4) is 0 Å². The number of hydrogen-bond donors (Lipinski definition) is 1. The van der Waals surface area contributed by atoms with Gasteiger partial charge in [0.15, 0.2) is 5.13 Å². The number of thiazole rings is 1. The van der Waals surface area contributed by atoms with E-state index in [1.807, 2.05) is 4.90 Å². The number of piperazine rings is 1. The second-order valence-corrected chi connectivity index (χ2v) is 8.96. The number of nitrogens with zero attached hydrogens (tertiary/aromatic N) is 4. The number of aromatic nitrogens is 1. The molecule has 2 amide bonds.